The van der Waals surface area contributed by atoms with Crippen molar-refractivity contribution in [2.24, 2.45) is 0 Å². The van der Waals surface area contributed by atoms with Crippen molar-refractivity contribution in [3.63, 3.8) is 0 Å². The van der Waals surface area contributed by atoms with Gasteiger partial charge >= 0.3 is 0 Å². The highest BCUT2D eigenvalue weighted by Crippen LogP contribution is 2.20. The molecule has 0 unspecified atom stereocenters. The van der Waals surface area contributed by atoms with Crippen molar-refractivity contribution in [2.45, 2.75) is 32.7 Å². The molecule has 1 aromatic carbocycles. The van der Waals surface area contributed by atoms with Crippen molar-refractivity contribution in [1.29, 1.82) is 0 Å². The van der Waals surface area contributed by atoms with E-state index in [2.05, 4.69) is 21.7 Å². The molecule has 20 heavy (non-hydrogen) atoms. The van der Waals surface area contributed by atoms with Crippen LogP contribution in [0.15, 0.2) is 36.5 Å². The lowest BCUT2D eigenvalue weighted by molar-refractivity contribution is -0.122. The standard InChI is InChI=1S/C16H21N3O/c1-16(2,3)19-14(20)9-11-18-15-13-7-5-4-6-12(13)8-10-17-15/h4-8,10H,9,11H2,1-3H3,(H,17,18)(H,19,20). The molecule has 0 aliphatic heterocycles. The Labute approximate surface area is 119 Å². The molecule has 1 aromatic heterocycles. The van der Waals surface area contributed by atoms with Gasteiger partial charge < -0.3 is 10.6 Å². The Morgan fingerprint density at radius 3 is 2.70 bits per heavy atom. The number of fused-ring (bicyclic) bond motifs is 1. The maximum absolute atomic E-state index is 11.7. The summed E-state index contributed by atoms with van der Waals surface area (Å²) in [6.45, 7) is 6.50. The first-order chi connectivity index (χ1) is 9.46. The van der Waals surface area contributed by atoms with Gasteiger partial charge in [0.15, 0.2) is 0 Å². The number of hydrogen-bond acceptors (Lipinski definition) is 3. The number of rotatable bonds is 4. The molecule has 2 aromatic rings. The van der Waals surface area contributed by atoms with Crippen LogP contribution >= 0.6 is 0 Å². The monoisotopic (exact) mass is 271 g/mol. The quantitative estimate of drug-likeness (QED) is 0.899. The maximum atomic E-state index is 11.7. The smallest absolute Gasteiger partial charge is 0.222 e. The van der Waals surface area contributed by atoms with E-state index in [1.165, 1.54) is 0 Å². The summed E-state index contributed by atoms with van der Waals surface area (Å²) in [4.78, 5) is 16.1. The molecule has 0 atom stereocenters. The van der Waals surface area contributed by atoms with Crippen molar-refractivity contribution < 1.29 is 4.79 Å². The third-order valence-electron chi connectivity index (χ3n) is 2.83. The SMILES string of the molecule is CC(C)(C)NC(=O)CCNc1nccc2ccccc12. The molecule has 0 bridgehead atoms. The second-order valence-electron chi connectivity index (χ2n) is 5.86. The van der Waals surface area contributed by atoms with Gasteiger partial charge in [-0.05, 0) is 32.2 Å². The molecule has 4 heteroatoms. The zero-order valence-corrected chi connectivity index (χ0v) is 12.2. The van der Waals surface area contributed by atoms with Crippen molar-refractivity contribution in [2.75, 3.05) is 11.9 Å². The average molecular weight is 271 g/mol. The van der Waals surface area contributed by atoms with Crippen LogP contribution in [-0.4, -0.2) is 23.0 Å². The Morgan fingerprint density at radius 1 is 1.20 bits per heavy atom. The third kappa shape index (κ3) is 3.95. The Balaban J connectivity index is 1.95. The summed E-state index contributed by atoms with van der Waals surface area (Å²) < 4.78 is 0. The summed E-state index contributed by atoms with van der Waals surface area (Å²) in [5.41, 5.74) is -0.186. The minimum Gasteiger partial charge on any atom is -0.369 e. The number of hydrogen-bond donors (Lipinski definition) is 2. The van der Waals surface area contributed by atoms with E-state index in [0.717, 1.165) is 16.6 Å². The molecular weight excluding hydrogens is 250 g/mol. The zero-order chi connectivity index (χ0) is 14.6. The minimum absolute atomic E-state index is 0.0465. The molecule has 0 aliphatic rings. The number of carbonyl (C=O) groups excluding carboxylic acids is 1. The van der Waals surface area contributed by atoms with Gasteiger partial charge in [-0.1, -0.05) is 24.3 Å². The largest absolute Gasteiger partial charge is 0.369 e. The van der Waals surface area contributed by atoms with Crippen molar-refractivity contribution >= 4 is 22.5 Å². The van der Waals surface area contributed by atoms with Gasteiger partial charge in [-0.15, -0.1) is 0 Å². The van der Waals surface area contributed by atoms with Crippen molar-refractivity contribution in [3.05, 3.63) is 36.5 Å². The molecule has 0 saturated carbocycles. The summed E-state index contributed by atoms with van der Waals surface area (Å²) in [5.74, 6) is 0.872. The minimum atomic E-state index is -0.186. The maximum Gasteiger partial charge on any atom is 0.222 e. The number of amides is 1. The number of benzene rings is 1. The lowest BCUT2D eigenvalue weighted by atomic mass is 10.1. The number of nitrogens with one attached hydrogen (secondary N) is 2. The lowest BCUT2D eigenvalue weighted by Crippen LogP contribution is -2.41. The fourth-order valence-corrected chi connectivity index (χ4v) is 2.04. The van der Waals surface area contributed by atoms with Gasteiger partial charge in [0, 0.05) is 30.1 Å². The number of pyridine rings is 1. The highest BCUT2D eigenvalue weighted by molar-refractivity contribution is 5.91. The van der Waals surface area contributed by atoms with Gasteiger partial charge in [0.25, 0.3) is 0 Å². The van der Waals surface area contributed by atoms with Gasteiger partial charge in [0.05, 0.1) is 0 Å². The van der Waals surface area contributed by atoms with Crippen molar-refractivity contribution in [3.8, 4) is 0 Å². The number of aromatic nitrogens is 1. The van der Waals surface area contributed by atoms with Crippen LogP contribution < -0.4 is 10.6 Å². The molecule has 0 radical (unpaired) electrons. The summed E-state index contributed by atoms with van der Waals surface area (Å²) in [7, 11) is 0. The van der Waals surface area contributed by atoms with Crippen LogP contribution in [0, 0.1) is 0 Å². The second-order valence-corrected chi connectivity index (χ2v) is 5.86. The van der Waals surface area contributed by atoms with Crippen LogP contribution in [0.3, 0.4) is 0 Å². The van der Waals surface area contributed by atoms with E-state index in [4.69, 9.17) is 0 Å². The van der Waals surface area contributed by atoms with Gasteiger partial charge in [-0.2, -0.15) is 0 Å². The highest BCUT2D eigenvalue weighted by atomic mass is 16.1. The van der Waals surface area contributed by atoms with Crippen LogP contribution in [0.4, 0.5) is 5.82 Å². The molecule has 0 saturated heterocycles. The van der Waals surface area contributed by atoms with Gasteiger partial charge in [-0.3, -0.25) is 4.79 Å². The topological polar surface area (TPSA) is 54.0 Å². The van der Waals surface area contributed by atoms with E-state index in [1.807, 2.05) is 45.0 Å². The normalized spacial score (nSPS) is 11.3. The predicted octanol–water partition coefficient (Wildman–Crippen LogP) is 2.95. The Kier molecular flexibility index (Phi) is 4.23. The van der Waals surface area contributed by atoms with Crippen LogP contribution in [0.5, 0.6) is 0 Å². The fraction of sp³-hybridized carbons (Fsp3) is 0.375. The van der Waals surface area contributed by atoms with E-state index in [-0.39, 0.29) is 11.4 Å². The van der Waals surface area contributed by atoms with Crippen LogP contribution in [0.2, 0.25) is 0 Å². The first kappa shape index (κ1) is 14.3. The van der Waals surface area contributed by atoms with E-state index < -0.39 is 0 Å². The van der Waals surface area contributed by atoms with Gasteiger partial charge in [0.2, 0.25) is 5.91 Å². The van der Waals surface area contributed by atoms with Gasteiger partial charge in [-0.25, -0.2) is 4.98 Å². The van der Waals surface area contributed by atoms with Crippen molar-refractivity contribution in [1.82, 2.24) is 10.3 Å². The molecule has 1 heterocycles. The Morgan fingerprint density at radius 2 is 1.95 bits per heavy atom. The summed E-state index contributed by atoms with van der Waals surface area (Å²) in [5, 5.41) is 8.39. The van der Waals surface area contributed by atoms with E-state index in [1.54, 1.807) is 6.20 Å². The van der Waals surface area contributed by atoms with Crippen LogP contribution in [0.25, 0.3) is 10.8 Å². The van der Waals surface area contributed by atoms with Crippen LogP contribution in [0.1, 0.15) is 27.2 Å². The van der Waals surface area contributed by atoms with E-state index in [9.17, 15) is 4.79 Å². The molecule has 1 amide bonds. The lowest BCUT2D eigenvalue weighted by Gasteiger charge is -2.20. The first-order valence-corrected chi connectivity index (χ1v) is 6.84. The summed E-state index contributed by atoms with van der Waals surface area (Å²) in [6.07, 6.45) is 2.21. The molecule has 0 fully saturated rings. The van der Waals surface area contributed by atoms with E-state index >= 15 is 0 Å². The summed E-state index contributed by atoms with van der Waals surface area (Å²) in [6, 6.07) is 10.0. The highest BCUT2D eigenvalue weighted by Gasteiger charge is 2.13. The Bertz CT molecular complexity index is 597. The first-order valence-electron chi connectivity index (χ1n) is 6.84. The Hall–Kier alpha value is -2.10. The zero-order valence-electron chi connectivity index (χ0n) is 12.2. The molecule has 106 valence electrons. The predicted molar refractivity (Wildman–Crippen MR) is 82.7 cm³/mol. The van der Waals surface area contributed by atoms with Crippen LogP contribution in [-0.2, 0) is 4.79 Å². The molecule has 2 N–H and O–H groups in total. The number of carbonyl (C=O) groups is 1. The molecular formula is C16H21N3O. The molecule has 2 rings (SSSR count). The summed E-state index contributed by atoms with van der Waals surface area (Å²) >= 11 is 0. The molecule has 0 spiro atoms. The molecule has 0 aliphatic carbocycles. The van der Waals surface area contributed by atoms with E-state index in [0.29, 0.717) is 13.0 Å². The molecule has 4 nitrogen and oxygen atoms in total. The number of anilines is 1. The fourth-order valence-electron chi connectivity index (χ4n) is 2.04. The average Bonchev–Trinajstić information content (AvgIpc) is 2.37. The van der Waals surface area contributed by atoms with Gasteiger partial charge in [0.1, 0.15) is 5.82 Å². The number of nitrogens with zero attached hydrogens (tertiary/aromatic N) is 1. The third-order valence-corrected chi connectivity index (χ3v) is 2.83. The second kappa shape index (κ2) is 5.90.